The van der Waals surface area contributed by atoms with Crippen molar-refractivity contribution < 1.29 is 9.59 Å². The smallest absolute Gasteiger partial charge is 0.231 e. The van der Waals surface area contributed by atoms with Crippen LogP contribution in [-0.2, 0) is 22.4 Å². The zero-order valence-corrected chi connectivity index (χ0v) is 16.5. The van der Waals surface area contributed by atoms with Crippen molar-refractivity contribution in [2.24, 2.45) is 23.5 Å². The first kappa shape index (κ1) is 18.4. The maximum Gasteiger partial charge on any atom is 0.231 e. The SMILES string of the molecule is NC1C2CCC(C2)C1C(=O)Nc1ccc(CC(=O)N2CCc3ccccc32)cc1. The first-order valence-corrected chi connectivity index (χ1v) is 10.6. The Balaban J connectivity index is 1.21. The molecule has 0 aromatic heterocycles. The molecule has 4 unspecified atom stereocenters. The first-order valence-electron chi connectivity index (χ1n) is 10.6. The van der Waals surface area contributed by atoms with Crippen molar-refractivity contribution in [3.8, 4) is 0 Å². The fourth-order valence-corrected chi connectivity index (χ4v) is 5.52. The largest absolute Gasteiger partial charge is 0.327 e. The molecule has 150 valence electrons. The minimum absolute atomic E-state index is 0.00557. The standard InChI is InChI=1S/C24H27N3O2/c25-23-18-8-7-17(14-18)22(23)24(29)26-19-9-5-15(6-10-19)13-21(28)27-12-11-16-3-1-2-4-20(16)27/h1-6,9-10,17-18,22-23H,7-8,11-14,25H2,(H,26,29). The van der Waals surface area contributed by atoms with Gasteiger partial charge in [-0.3, -0.25) is 9.59 Å². The Labute approximate surface area is 171 Å². The van der Waals surface area contributed by atoms with Gasteiger partial charge in [-0.1, -0.05) is 30.3 Å². The van der Waals surface area contributed by atoms with E-state index in [0.717, 1.165) is 42.7 Å². The van der Waals surface area contributed by atoms with E-state index < -0.39 is 0 Å². The number of benzene rings is 2. The second-order valence-corrected chi connectivity index (χ2v) is 8.72. The Morgan fingerprint density at radius 1 is 1.03 bits per heavy atom. The summed E-state index contributed by atoms with van der Waals surface area (Å²) in [7, 11) is 0. The normalized spacial score (nSPS) is 27.1. The monoisotopic (exact) mass is 389 g/mol. The van der Waals surface area contributed by atoms with Crippen molar-refractivity contribution in [3.05, 3.63) is 59.7 Å². The summed E-state index contributed by atoms with van der Waals surface area (Å²) < 4.78 is 0. The van der Waals surface area contributed by atoms with Gasteiger partial charge in [0.25, 0.3) is 0 Å². The van der Waals surface area contributed by atoms with Gasteiger partial charge >= 0.3 is 0 Å². The van der Waals surface area contributed by atoms with Gasteiger partial charge in [-0.2, -0.15) is 0 Å². The molecule has 29 heavy (non-hydrogen) atoms. The Hall–Kier alpha value is -2.66. The van der Waals surface area contributed by atoms with Crippen LogP contribution in [0.25, 0.3) is 0 Å². The topological polar surface area (TPSA) is 75.4 Å². The molecule has 1 aliphatic heterocycles. The molecule has 2 aromatic carbocycles. The average molecular weight is 389 g/mol. The molecule has 2 fully saturated rings. The van der Waals surface area contributed by atoms with Crippen molar-refractivity contribution in [2.75, 3.05) is 16.8 Å². The van der Waals surface area contributed by atoms with Gasteiger partial charge in [0.05, 0.1) is 12.3 Å². The van der Waals surface area contributed by atoms with E-state index in [1.165, 1.54) is 12.0 Å². The van der Waals surface area contributed by atoms with Gasteiger partial charge in [0.2, 0.25) is 11.8 Å². The summed E-state index contributed by atoms with van der Waals surface area (Å²) in [6.07, 6.45) is 4.66. The highest BCUT2D eigenvalue weighted by Gasteiger charge is 2.49. The molecule has 2 saturated carbocycles. The summed E-state index contributed by atoms with van der Waals surface area (Å²) in [6, 6.07) is 15.7. The van der Waals surface area contributed by atoms with Gasteiger partial charge in [0.1, 0.15) is 0 Å². The number of fused-ring (bicyclic) bond motifs is 3. The predicted molar refractivity (Wildman–Crippen MR) is 114 cm³/mol. The lowest BCUT2D eigenvalue weighted by molar-refractivity contribution is -0.122. The summed E-state index contributed by atoms with van der Waals surface area (Å²) in [4.78, 5) is 27.4. The molecule has 4 atom stereocenters. The fourth-order valence-electron chi connectivity index (χ4n) is 5.52. The maximum atomic E-state index is 12.8. The third-order valence-corrected chi connectivity index (χ3v) is 7.05. The molecule has 0 saturated heterocycles. The van der Waals surface area contributed by atoms with Gasteiger partial charge in [-0.15, -0.1) is 0 Å². The third kappa shape index (κ3) is 3.33. The zero-order valence-electron chi connectivity index (χ0n) is 16.5. The highest BCUT2D eigenvalue weighted by Crippen LogP contribution is 2.47. The third-order valence-electron chi connectivity index (χ3n) is 7.05. The molecule has 0 spiro atoms. The predicted octanol–water partition coefficient (Wildman–Crippen LogP) is 3.13. The van der Waals surface area contributed by atoms with Gasteiger partial charge in [-0.25, -0.2) is 0 Å². The molecule has 5 nitrogen and oxygen atoms in total. The minimum Gasteiger partial charge on any atom is -0.327 e. The van der Waals surface area contributed by atoms with Crippen molar-refractivity contribution in [1.82, 2.24) is 0 Å². The van der Waals surface area contributed by atoms with E-state index in [-0.39, 0.29) is 23.8 Å². The molecule has 3 N–H and O–H groups in total. The fraction of sp³-hybridized carbons (Fsp3) is 0.417. The molecular formula is C24H27N3O2. The van der Waals surface area contributed by atoms with Crippen LogP contribution in [-0.4, -0.2) is 24.4 Å². The van der Waals surface area contributed by atoms with Crippen molar-refractivity contribution in [1.29, 1.82) is 0 Å². The number of amides is 2. The van der Waals surface area contributed by atoms with Crippen molar-refractivity contribution in [2.45, 2.75) is 38.1 Å². The Morgan fingerprint density at radius 3 is 2.55 bits per heavy atom. The number of carbonyl (C=O) groups is 2. The molecule has 2 aromatic rings. The molecule has 3 aliphatic rings. The molecule has 2 aliphatic carbocycles. The molecule has 2 bridgehead atoms. The molecular weight excluding hydrogens is 362 g/mol. The second kappa shape index (κ2) is 7.30. The summed E-state index contributed by atoms with van der Waals surface area (Å²) in [6.45, 7) is 0.746. The average Bonchev–Trinajstić information content (AvgIpc) is 3.43. The van der Waals surface area contributed by atoms with E-state index >= 15 is 0 Å². The number of hydrogen-bond donors (Lipinski definition) is 2. The quantitative estimate of drug-likeness (QED) is 0.844. The van der Waals surface area contributed by atoms with Crippen molar-refractivity contribution >= 4 is 23.2 Å². The lowest BCUT2D eigenvalue weighted by Gasteiger charge is -2.27. The van der Waals surface area contributed by atoms with Crippen LogP contribution in [0.15, 0.2) is 48.5 Å². The van der Waals surface area contributed by atoms with Crippen LogP contribution in [0, 0.1) is 17.8 Å². The van der Waals surface area contributed by atoms with E-state index in [1.807, 2.05) is 47.4 Å². The molecule has 1 heterocycles. The molecule has 5 rings (SSSR count). The Morgan fingerprint density at radius 2 is 1.79 bits per heavy atom. The summed E-state index contributed by atoms with van der Waals surface area (Å²) in [5, 5.41) is 3.03. The number of rotatable bonds is 4. The molecule has 5 heteroatoms. The maximum absolute atomic E-state index is 12.8. The zero-order chi connectivity index (χ0) is 20.0. The number of nitrogens with two attached hydrogens (primary N) is 1. The van der Waals surface area contributed by atoms with Crippen LogP contribution in [0.1, 0.15) is 30.4 Å². The number of para-hydroxylation sites is 1. The summed E-state index contributed by atoms with van der Waals surface area (Å²) in [5.41, 5.74) is 10.3. The van der Waals surface area contributed by atoms with Crippen LogP contribution >= 0.6 is 0 Å². The van der Waals surface area contributed by atoms with Gasteiger partial charge in [0.15, 0.2) is 0 Å². The van der Waals surface area contributed by atoms with Gasteiger partial charge < -0.3 is 16.0 Å². The highest BCUT2D eigenvalue weighted by molar-refractivity contribution is 5.97. The second-order valence-electron chi connectivity index (χ2n) is 8.72. The van der Waals surface area contributed by atoms with E-state index in [1.54, 1.807) is 0 Å². The number of carbonyl (C=O) groups excluding carboxylic acids is 2. The van der Waals surface area contributed by atoms with Crippen LogP contribution in [0.5, 0.6) is 0 Å². The molecule has 2 amide bonds. The highest BCUT2D eigenvalue weighted by atomic mass is 16.2. The lowest BCUT2D eigenvalue weighted by atomic mass is 9.84. The van der Waals surface area contributed by atoms with Crippen LogP contribution in [0.3, 0.4) is 0 Å². The molecule has 0 radical (unpaired) electrons. The lowest BCUT2D eigenvalue weighted by Crippen LogP contribution is -2.42. The summed E-state index contributed by atoms with van der Waals surface area (Å²) >= 11 is 0. The van der Waals surface area contributed by atoms with Crippen LogP contribution in [0.4, 0.5) is 11.4 Å². The van der Waals surface area contributed by atoms with Crippen LogP contribution < -0.4 is 16.0 Å². The number of nitrogens with zero attached hydrogens (tertiary/aromatic N) is 1. The number of nitrogens with one attached hydrogen (secondary N) is 1. The number of hydrogen-bond acceptors (Lipinski definition) is 3. The Bertz CT molecular complexity index is 937. The van der Waals surface area contributed by atoms with E-state index in [0.29, 0.717) is 18.3 Å². The van der Waals surface area contributed by atoms with Gasteiger partial charge in [0, 0.05) is 24.0 Å². The van der Waals surface area contributed by atoms with Gasteiger partial charge in [-0.05, 0) is 66.8 Å². The van der Waals surface area contributed by atoms with E-state index in [9.17, 15) is 9.59 Å². The van der Waals surface area contributed by atoms with Crippen LogP contribution in [0.2, 0.25) is 0 Å². The van der Waals surface area contributed by atoms with E-state index in [2.05, 4.69) is 11.4 Å². The minimum atomic E-state index is -0.0646. The summed E-state index contributed by atoms with van der Waals surface area (Å²) in [5.74, 6) is 1.04. The first-order chi connectivity index (χ1) is 14.1. The van der Waals surface area contributed by atoms with E-state index in [4.69, 9.17) is 5.73 Å². The van der Waals surface area contributed by atoms with Crippen molar-refractivity contribution in [3.63, 3.8) is 0 Å². The number of anilines is 2. The Kier molecular flexibility index (Phi) is 4.63.